The molecule has 0 aromatic heterocycles. The van der Waals surface area contributed by atoms with E-state index in [9.17, 15) is 4.57 Å². The minimum atomic E-state index is -2.89. The van der Waals surface area contributed by atoms with Crippen LogP contribution < -0.4 is 5.50 Å². The molecule has 0 amide bonds. The van der Waals surface area contributed by atoms with Gasteiger partial charge >= 0.3 is 6.72 Å². The molecule has 0 aromatic rings. The van der Waals surface area contributed by atoms with Crippen LogP contribution in [0.25, 0.3) is 0 Å². The molecule has 0 saturated heterocycles. The van der Waals surface area contributed by atoms with Crippen molar-refractivity contribution in [2.24, 2.45) is 5.50 Å². The van der Waals surface area contributed by atoms with Crippen LogP contribution in [-0.4, -0.2) is 26.1 Å². The maximum Gasteiger partial charge on any atom is 0.323 e. The quantitative estimate of drug-likeness (QED) is 0.518. The summed E-state index contributed by atoms with van der Waals surface area (Å²) in [5.74, 6) is 0.601. The van der Waals surface area contributed by atoms with Gasteiger partial charge in [-0.05, 0) is 6.92 Å². The number of ether oxygens (including phenoxy) is 1. The van der Waals surface area contributed by atoms with Crippen LogP contribution in [-0.2, 0) is 13.8 Å². The lowest BCUT2D eigenvalue weighted by Crippen LogP contribution is -1.99. The van der Waals surface area contributed by atoms with Gasteiger partial charge in [0.25, 0.3) is 0 Å². The molecule has 11 heavy (non-hydrogen) atoms. The lowest BCUT2D eigenvalue weighted by molar-refractivity contribution is 0.219. The zero-order valence-corrected chi connectivity index (χ0v) is 8.49. The Bertz CT molecular complexity index is 144. The molecular weight excluding hydrogens is 185 g/mol. The van der Waals surface area contributed by atoms with E-state index in [0.29, 0.717) is 19.0 Å². The molecule has 0 aliphatic carbocycles. The number of methoxy groups -OCH3 is 1. The summed E-state index contributed by atoms with van der Waals surface area (Å²) in [5.41, 5.74) is 5.31. The molecule has 0 radical (unpaired) electrons. The highest BCUT2D eigenvalue weighted by Crippen LogP contribution is 2.51. The van der Waals surface area contributed by atoms with Gasteiger partial charge in [0.15, 0.2) is 0 Å². The fraction of sp³-hybridized carbons (Fsp3) is 1.00. The molecule has 0 aromatic carbocycles. The van der Waals surface area contributed by atoms with Crippen LogP contribution in [0.1, 0.15) is 6.92 Å². The summed E-state index contributed by atoms with van der Waals surface area (Å²) in [7, 11) is 1.59. The van der Waals surface area contributed by atoms with Gasteiger partial charge in [-0.3, -0.25) is 10.1 Å². The van der Waals surface area contributed by atoms with Crippen LogP contribution in [0.5, 0.6) is 0 Å². The first-order valence-electron chi connectivity index (χ1n) is 3.29. The van der Waals surface area contributed by atoms with E-state index in [1.54, 1.807) is 14.0 Å². The summed E-state index contributed by atoms with van der Waals surface area (Å²) in [6.45, 7) is -0.202. The predicted molar refractivity (Wildman–Crippen MR) is 47.8 cm³/mol. The van der Waals surface area contributed by atoms with Gasteiger partial charge in [0.1, 0.15) is 0 Å². The predicted octanol–water partition coefficient (Wildman–Crippen LogP) is 1.47. The fourth-order valence-electron chi connectivity index (χ4n) is 0.465. The summed E-state index contributed by atoms with van der Waals surface area (Å²) >= 11 is 1.11. The average molecular weight is 199 g/mol. The van der Waals surface area contributed by atoms with E-state index in [1.165, 1.54) is 0 Å². The van der Waals surface area contributed by atoms with Gasteiger partial charge in [-0.2, -0.15) is 0 Å². The van der Waals surface area contributed by atoms with Crippen molar-refractivity contribution in [2.45, 2.75) is 6.92 Å². The van der Waals surface area contributed by atoms with Crippen LogP contribution >= 0.6 is 18.1 Å². The van der Waals surface area contributed by atoms with E-state index in [-0.39, 0.29) is 0 Å². The molecule has 0 aliphatic rings. The smallest absolute Gasteiger partial charge is 0.323 e. The van der Waals surface area contributed by atoms with Gasteiger partial charge in [-0.25, -0.2) is 0 Å². The van der Waals surface area contributed by atoms with Crippen molar-refractivity contribution in [1.82, 2.24) is 0 Å². The van der Waals surface area contributed by atoms with Crippen molar-refractivity contribution in [3.63, 3.8) is 0 Å². The number of hydrogen-bond acceptors (Lipinski definition) is 4. The van der Waals surface area contributed by atoms with Crippen LogP contribution in [0.4, 0.5) is 0 Å². The minimum absolute atomic E-state index is 0.383. The third-order valence-corrected chi connectivity index (χ3v) is 4.14. The molecule has 68 valence electrons. The van der Waals surface area contributed by atoms with Gasteiger partial charge in [-0.15, -0.1) is 0 Å². The molecule has 2 N–H and O–H groups in total. The van der Waals surface area contributed by atoms with E-state index in [0.717, 1.165) is 11.4 Å². The van der Waals surface area contributed by atoms with Crippen molar-refractivity contribution in [1.29, 1.82) is 0 Å². The molecule has 1 unspecified atom stereocenters. The number of rotatable bonds is 6. The summed E-state index contributed by atoms with van der Waals surface area (Å²) in [6.07, 6.45) is 0. The van der Waals surface area contributed by atoms with Gasteiger partial charge in [0, 0.05) is 12.9 Å². The summed E-state index contributed by atoms with van der Waals surface area (Å²) in [5, 5.41) is 0. The molecular formula is C5H14NO3PS. The Morgan fingerprint density at radius 2 is 2.27 bits per heavy atom. The molecule has 6 heteroatoms. The molecule has 0 saturated carbocycles. The lowest BCUT2D eigenvalue weighted by Gasteiger charge is -2.09. The monoisotopic (exact) mass is 199 g/mol. The Morgan fingerprint density at radius 1 is 1.64 bits per heavy atom. The van der Waals surface area contributed by atoms with Crippen molar-refractivity contribution in [3.8, 4) is 0 Å². The van der Waals surface area contributed by atoms with Crippen molar-refractivity contribution >= 4 is 18.1 Å². The average Bonchev–Trinajstić information content (AvgIpc) is 1.87. The highest BCUT2D eigenvalue weighted by molar-refractivity contribution is 8.55. The summed E-state index contributed by atoms with van der Waals surface area (Å²) in [4.78, 5) is 0. The van der Waals surface area contributed by atoms with Crippen LogP contribution in [0, 0.1) is 0 Å². The number of hydrogen-bond donors (Lipinski definition) is 1. The summed E-state index contributed by atoms with van der Waals surface area (Å²) in [6, 6.07) is 0. The van der Waals surface area contributed by atoms with Crippen molar-refractivity contribution in [3.05, 3.63) is 0 Å². The molecule has 0 rings (SSSR count). The Balaban J connectivity index is 3.47. The maximum atomic E-state index is 11.2. The highest BCUT2D eigenvalue weighted by atomic mass is 32.7. The van der Waals surface area contributed by atoms with Gasteiger partial charge in [0.05, 0.1) is 13.2 Å². The minimum Gasteiger partial charge on any atom is -0.384 e. The van der Waals surface area contributed by atoms with Gasteiger partial charge in [0.2, 0.25) is 0 Å². The van der Waals surface area contributed by atoms with Crippen molar-refractivity contribution < 1.29 is 13.8 Å². The molecule has 0 heterocycles. The first-order chi connectivity index (χ1) is 5.12. The Morgan fingerprint density at radius 3 is 2.73 bits per heavy atom. The van der Waals surface area contributed by atoms with E-state index in [4.69, 9.17) is 14.8 Å². The molecule has 0 bridgehead atoms. The van der Waals surface area contributed by atoms with E-state index in [1.807, 2.05) is 0 Å². The second kappa shape index (κ2) is 6.03. The van der Waals surface area contributed by atoms with E-state index in [2.05, 4.69) is 0 Å². The maximum absolute atomic E-state index is 11.2. The lowest BCUT2D eigenvalue weighted by atomic mass is 10.9. The third kappa shape index (κ3) is 6.84. The first-order valence-corrected chi connectivity index (χ1v) is 6.57. The second-order valence-corrected chi connectivity index (χ2v) is 6.09. The Hall–Kier alpha value is 0.460. The van der Waals surface area contributed by atoms with Crippen LogP contribution in [0.2, 0.25) is 0 Å². The molecule has 0 aliphatic heterocycles. The standard InChI is InChI=1S/C5H14NO3PS/c1-3-9-10(6,7)11-5-4-8-2/h3-5H2,1-2H3,(H2,6,7). The normalized spacial score (nSPS) is 16.3. The van der Waals surface area contributed by atoms with Crippen LogP contribution in [0.3, 0.4) is 0 Å². The van der Waals surface area contributed by atoms with E-state index >= 15 is 0 Å². The fourth-order valence-corrected chi connectivity index (χ4v) is 2.92. The highest BCUT2D eigenvalue weighted by Gasteiger charge is 2.15. The third-order valence-electron chi connectivity index (χ3n) is 0.868. The van der Waals surface area contributed by atoms with Crippen LogP contribution in [0.15, 0.2) is 0 Å². The number of nitrogens with two attached hydrogens (primary N) is 1. The van der Waals surface area contributed by atoms with Gasteiger partial charge < -0.3 is 9.26 Å². The Kier molecular flexibility index (Phi) is 6.28. The molecule has 4 nitrogen and oxygen atoms in total. The first kappa shape index (κ1) is 11.5. The second-order valence-electron chi connectivity index (χ2n) is 1.78. The molecule has 1 atom stereocenters. The Labute approximate surface area is 71.1 Å². The zero-order chi connectivity index (χ0) is 8.74. The van der Waals surface area contributed by atoms with Gasteiger partial charge in [-0.1, -0.05) is 11.4 Å². The SMILES string of the molecule is CCOP(N)(=O)SCCOC. The summed E-state index contributed by atoms with van der Waals surface area (Å²) < 4.78 is 20.7. The largest absolute Gasteiger partial charge is 0.384 e. The molecule has 0 fully saturated rings. The topological polar surface area (TPSA) is 61.5 Å². The van der Waals surface area contributed by atoms with E-state index < -0.39 is 6.72 Å². The molecule has 0 spiro atoms. The van der Waals surface area contributed by atoms with Crippen molar-refractivity contribution in [2.75, 3.05) is 26.1 Å². The zero-order valence-electron chi connectivity index (χ0n) is 6.78.